The van der Waals surface area contributed by atoms with Crippen LogP contribution in [0.3, 0.4) is 0 Å². The van der Waals surface area contributed by atoms with Crippen molar-refractivity contribution in [2.45, 2.75) is 6.92 Å². The Morgan fingerprint density at radius 1 is 1.15 bits per heavy atom. The second kappa shape index (κ2) is 9.59. The number of furan rings is 1. The lowest BCUT2D eigenvalue weighted by molar-refractivity contribution is -0.121. The third kappa shape index (κ3) is 4.89. The zero-order valence-corrected chi connectivity index (χ0v) is 18.8. The van der Waals surface area contributed by atoms with Crippen LogP contribution in [0.1, 0.15) is 28.6 Å². The molecule has 0 radical (unpaired) electrons. The van der Waals surface area contributed by atoms with Gasteiger partial charge in [-0.15, -0.1) is 0 Å². The molecule has 0 atom stereocenters. The van der Waals surface area contributed by atoms with Gasteiger partial charge in [0, 0.05) is 18.7 Å². The Hall–Kier alpha value is -4.09. The summed E-state index contributed by atoms with van der Waals surface area (Å²) in [6, 6.07) is 19.5. The molecule has 8 heteroatoms. The highest BCUT2D eigenvalue weighted by molar-refractivity contribution is 8.18. The molecule has 1 aliphatic rings. The molecule has 1 fully saturated rings. The average molecular weight is 458 g/mol. The number of likely N-dealkylation sites (N-methyl/N-ethyl adjacent to an activating group) is 1. The number of hydrogen-bond acceptors (Lipinski definition) is 7. The predicted octanol–water partition coefficient (Wildman–Crippen LogP) is 5.23. The van der Waals surface area contributed by atoms with Crippen LogP contribution in [-0.4, -0.2) is 35.6 Å². The smallest absolute Gasteiger partial charge is 0.338 e. The van der Waals surface area contributed by atoms with Crippen LogP contribution >= 0.6 is 11.8 Å². The van der Waals surface area contributed by atoms with Gasteiger partial charge in [0.05, 0.1) is 34.4 Å². The highest BCUT2D eigenvalue weighted by Gasteiger charge is 2.30. The van der Waals surface area contributed by atoms with Crippen molar-refractivity contribution in [3.8, 4) is 17.4 Å². The molecule has 33 heavy (non-hydrogen) atoms. The molecule has 4 rings (SSSR count). The minimum Gasteiger partial charge on any atom is -0.462 e. The third-order valence-electron chi connectivity index (χ3n) is 4.81. The van der Waals surface area contributed by atoms with Gasteiger partial charge in [-0.3, -0.25) is 9.69 Å². The Labute approximate surface area is 195 Å². The van der Waals surface area contributed by atoms with Crippen LogP contribution in [0, 0.1) is 11.3 Å². The van der Waals surface area contributed by atoms with Crippen molar-refractivity contribution in [1.82, 2.24) is 4.90 Å². The number of amidine groups is 1. The first-order valence-corrected chi connectivity index (χ1v) is 10.9. The van der Waals surface area contributed by atoms with E-state index in [0.717, 1.165) is 5.56 Å². The van der Waals surface area contributed by atoms with E-state index in [-0.39, 0.29) is 11.9 Å². The number of carbonyl (C=O) groups is 2. The summed E-state index contributed by atoms with van der Waals surface area (Å²) in [6.45, 7) is 2.07. The van der Waals surface area contributed by atoms with Crippen LogP contribution in [-0.2, 0) is 9.53 Å². The fourth-order valence-electron chi connectivity index (χ4n) is 3.07. The van der Waals surface area contributed by atoms with Gasteiger partial charge >= 0.3 is 5.97 Å². The minimum absolute atomic E-state index is 0.182. The van der Waals surface area contributed by atoms with Gasteiger partial charge in [-0.1, -0.05) is 0 Å². The average Bonchev–Trinajstić information content (AvgIpc) is 3.40. The summed E-state index contributed by atoms with van der Waals surface area (Å²) in [4.78, 5) is 31.0. The topological polar surface area (TPSA) is 95.9 Å². The maximum absolute atomic E-state index is 12.7. The fraction of sp³-hybridized carbons (Fsp3) is 0.120. The van der Waals surface area contributed by atoms with Crippen LogP contribution in [0.15, 0.2) is 75.0 Å². The van der Waals surface area contributed by atoms with Gasteiger partial charge in [0.15, 0.2) is 5.17 Å². The van der Waals surface area contributed by atoms with Crippen LogP contribution < -0.4 is 0 Å². The number of ether oxygens (including phenoxy) is 1. The Kier molecular flexibility index (Phi) is 6.43. The van der Waals surface area contributed by atoms with Crippen LogP contribution in [0.25, 0.3) is 17.4 Å². The van der Waals surface area contributed by atoms with E-state index >= 15 is 0 Å². The minimum atomic E-state index is -0.386. The van der Waals surface area contributed by atoms with Crippen molar-refractivity contribution in [3.05, 3.63) is 82.5 Å². The summed E-state index contributed by atoms with van der Waals surface area (Å²) in [5, 5.41) is 9.45. The van der Waals surface area contributed by atoms with Gasteiger partial charge in [0.2, 0.25) is 0 Å². The molecule has 2 aromatic carbocycles. The van der Waals surface area contributed by atoms with Crippen LogP contribution in [0.5, 0.6) is 0 Å². The summed E-state index contributed by atoms with van der Waals surface area (Å²) in [7, 11) is 1.66. The highest BCUT2D eigenvalue weighted by atomic mass is 32.2. The van der Waals surface area contributed by atoms with Gasteiger partial charge in [-0.2, -0.15) is 5.26 Å². The van der Waals surface area contributed by atoms with E-state index in [1.165, 1.54) is 16.7 Å². The lowest BCUT2D eigenvalue weighted by Crippen LogP contribution is -2.23. The number of thioether (sulfide) groups is 1. The highest BCUT2D eigenvalue weighted by Crippen LogP contribution is 2.34. The van der Waals surface area contributed by atoms with E-state index in [4.69, 9.17) is 14.4 Å². The second-order valence-corrected chi connectivity index (χ2v) is 8.04. The molecule has 164 valence electrons. The van der Waals surface area contributed by atoms with E-state index in [0.29, 0.717) is 45.0 Å². The Bertz CT molecular complexity index is 1300. The van der Waals surface area contributed by atoms with Crippen molar-refractivity contribution in [2.24, 2.45) is 4.99 Å². The molecule has 0 saturated carbocycles. The summed E-state index contributed by atoms with van der Waals surface area (Å²) >= 11 is 1.24. The summed E-state index contributed by atoms with van der Waals surface area (Å²) in [6.07, 6.45) is 1.68. The van der Waals surface area contributed by atoms with E-state index in [9.17, 15) is 9.59 Å². The molecule has 0 bridgehead atoms. The SMILES string of the molecule is CCOC(=O)c1ccc(N=C2S/C(=C\c3ccc(-c4ccc(C#N)cc4)o3)C(=O)N2C)cc1. The zero-order valence-electron chi connectivity index (χ0n) is 17.9. The van der Waals surface area contributed by atoms with Crippen LogP contribution in [0.2, 0.25) is 0 Å². The Morgan fingerprint density at radius 3 is 2.55 bits per heavy atom. The maximum atomic E-state index is 12.7. The number of nitrogens with zero attached hydrogens (tertiary/aromatic N) is 3. The van der Waals surface area contributed by atoms with Gasteiger partial charge < -0.3 is 9.15 Å². The summed E-state index contributed by atoms with van der Waals surface area (Å²) in [5.74, 6) is 0.617. The van der Waals surface area contributed by atoms with Crippen molar-refractivity contribution in [2.75, 3.05) is 13.7 Å². The first-order valence-electron chi connectivity index (χ1n) is 10.1. The standard InChI is InChI=1S/C25H19N3O4S/c1-3-31-24(30)18-8-10-19(11-9-18)27-25-28(2)23(29)22(33-25)14-20-12-13-21(32-20)17-6-4-16(15-26)5-7-17/h4-14H,3H2,1-2H3/b22-14-,27-25?. The second-order valence-electron chi connectivity index (χ2n) is 7.03. The molecule has 2 heterocycles. The summed E-state index contributed by atoms with van der Waals surface area (Å²) in [5.41, 5.74) is 2.48. The monoisotopic (exact) mass is 457 g/mol. The Morgan fingerprint density at radius 2 is 1.88 bits per heavy atom. The molecule has 1 aliphatic heterocycles. The van der Waals surface area contributed by atoms with Crippen molar-refractivity contribution >= 4 is 40.6 Å². The molecule has 3 aromatic rings. The zero-order chi connectivity index (χ0) is 23.4. The number of esters is 1. The molecular weight excluding hydrogens is 438 g/mol. The molecule has 0 spiro atoms. The number of carbonyl (C=O) groups excluding carboxylic acids is 2. The molecule has 1 saturated heterocycles. The number of nitriles is 1. The summed E-state index contributed by atoms with van der Waals surface area (Å²) < 4.78 is 10.9. The normalized spacial score (nSPS) is 15.8. The molecule has 7 nitrogen and oxygen atoms in total. The lowest BCUT2D eigenvalue weighted by Gasteiger charge is -2.07. The maximum Gasteiger partial charge on any atom is 0.338 e. The van der Waals surface area contributed by atoms with Gasteiger partial charge in [-0.05, 0) is 79.3 Å². The van der Waals surface area contributed by atoms with E-state index in [1.54, 1.807) is 62.5 Å². The molecule has 0 N–H and O–H groups in total. The van der Waals surface area contributed by atoms with Gasteiger partial charge in [0.25, 0.3) is 5.91 Å². The first kappa shape index (κ1) is 22.1. The van der Waals surface area contributed by atoms with Crippen LogP contribution in [0.4, 0.5) is 5.69 Å². The fourth-order valence-corrected chi connectivity index (χ4v) is 4.04. The predicted molar refractivity (Wildman–Crippen MR) is 127 cm³/mol. The van der Waals surface area contributed by atoms with Gasteiger partial charge in [-0.25, -0.2) is 9.79 Å². The number of amides is 1. The van der Waals surface area contributed by atoms with E-state index in [2.05, 4.69) is 11.1 Å². The number of rotatable bonds is 5. The van der Waals surface area contributed by atoms with E-state index < -0.39 is 0 Å². The van der Waals surface area contributed by atoms with Crippen molar-refractivity contribution in [1.29, 1.82) is 5.26 Å². The molecule has 1 aromatic heterocycles. The first-order chi connectivity index (χ1) is 16.0. The van der Waals surface area contributed by atoms with Gasteiger partial charge in [0.1, 0.15) is 11.5 Å². The molecule has 0 aliphatic carbocycles. The third-order valence-corrected chi connectivity index (χ3v) is 5.87. The van der Waals surface area contributed by atoms with E-state index in [1.807, 2.05) is 18.2 Å². The van der Waals surface area contributed by atoms with Crippen molar-refractivity contribution in [3.63, 3.8) is 0 Å². The Balaban J connectivity index is 1.51. The molecular formula is C25H19N3O4S. The lowest BCUT2D eigenvalue weighted by atomic mass is 10.1. The quantitative estimate of drug-likeness (QED) is 0.385. The molecule has 1 amide bonds. The number of hydrogen-bond donors (Lipinski definition) is 0. The number of benzene rings is 2. The molecule has 0 unspecified atom stereocenters. The number of aliphatic imine (C=N–C) groups is 1. The largest absolute Gasteiger partial charge is 0.462 e. The van der Waals surface area contributed by atoms with Crippen molar-refractivity contribution < 1.29 is 18.7 Å².